The zero-order valence-electron chi connectivity index (χ0n) is 14.2. The van der Waals surface area contributed by atoms with Crippen LogP contribution in [0.25, 0.3) is 10.9 Å². The van der Waals surface area contributed by atoms with Crippen LogP contribution in [0.3, 0.4) is 0 Å². The first-order valence-electron chi connectivity index (χ1n) is 8.88. The predicted octanol–water partition coefficient (Wildman–Crippen LogP) is 2.25. The lowest BCUT2D eigenvalue weighted by molar-refractivity contribution is 0.122. The summed E-state index contributed by atoms with van der Waals surface area (Å²) in [5, 5.41) is 0.857. The van der Waals surface area contributed by atoms with Crippen LogP contribution in [0.15, 0.2) is 35.2 Å². The van der Waals surface area contributed by atoms with Gasteiger partial charge in [0.2, 0.25) is 10.0 Å². The van der Waals surface area contributed by atoms with Crippen LogP contribution in [0.5, 0.6) is 0 Å². The van der Waals surface area contributed by atoms with Gasteiger partial charge in [-0.05, 0) is 43.2 Å². The summed E-state index contributed by atoms with van der Waals surface area (Å²) >= 11 is 0. The van der Waals surface area contributed by atoms with Crippen molar-refractivity contribution in [1.29, 1.82) is 0 Å². The van der Waals surface area contributed by atoms with E-state index in [4.69, 9.17) is 9.72 Å². The molecule has 3 heterocycles. The highest BCUT2D eigenvalue weighted by atomic mass is 32.2. The standard InChI is InChI=1S/C18H23N3O3S/c22-25(23,21-8-2-1-3-9-21)16-5-6-17-15(14-16)4-7-18(19-17)20-10-12-24-13-11-20/h4-7,14H,1-3,8-13H2. The second-order valence-corrected chi connectivity index (χ2v) is 8.53. The molecular weight excluding hydrogens is 338 g/mol. The van der Waals surface area contributed by atoms with E-state index in [0.29, 0.717) is 31.2 Å². The molecule has 4 rings (SSSR count). The molecular formula is C18H23N3O3S. The Bertz CT molecular complexity index is 857. The summed E-state index contributed by atoms with van der Waals surface area (Å²) in [4.78, 5) is 7.26. The SMILES string of the molecule is O=S(=O)(c1ccc2nc(N3CCOCC3)ccc2c1)N1CCCCC1. The Morgan fingerprint density at radius 3 is 2.44 bits per heavy atom. The Balaban J connectivity index is 1.64. The van der Waals surface area contributed by atoms with Crippen LogP contribution in [0.2, 0.25) is 0 Å². The van der Waals surface area contributed by atoms with Crippen molar-refractivity contribution in [2.24, 2.45) is 0 Å². The van der Waals surface area contributed by atoms with Crippen molar-refractivity contribution in [2.75, 3.05) is 44.3 Å². The fourth-order valence-corrected chi connectivity index (χ4v) is 5.03. The van der Waals surface area contributed by atoms with Crippen molar-refractivity contribution in [3.05, 3.63) is 30.3 Å². The number of rotatable bonds is 3. The first-order chi connectivity index (χ1) is 12.1. The smallest absolute Gasteiger partial charge is 0.243 e. The summed E-state index contributed by atoms with van der Waals surface area (Å²) in [7, 11) is -3.41. The van der Waals surface area contributed by atoms with Gasteiger partial charge in [0.05, 0.1) is 23.6 Å². The Morgan fingerprint density at radius 2 is 1.68 bits per heavy atom. The first-order valence-corrected chi connectivity index (χ1v) is 10.3. The average molecular weight is 361 g/mol. The van der Waals surface area contributed by atoms with E-state index in [1.807, 2.05) is 18.2 Å². The molecule has 7 heteroatoms. The predicted molar refractivity (Wildman–Crippen MR) is 97.4 cm³/mol. The molecule has 2 aliphatic heterocycles. The van der Waals surface area contributed by atoms with Gasteiger partial charge in [0, 0.05) is 31.6 Å². The molecule has 0 bridgehead atoms. The van der Waals surface area contributed by atoms with E-state index in [1.165, 1.54) is 0 Å². The van der Waals surface area contributed by atoms with Crippen molar-refractivity contribution in [2.45, 2.75) is 24.2 Å². The third-order valence-electron chi connectivity index (χ3n) is 4.93. The second kappa shape index (κ2) is 6.90. The number of benzene rings is 1. The number of pyridine rings is 1. The van der Waals surface area contributed by atoms with Crippen molar-refractivity contribution in [1.82, 2.24) is 9.29 Å². The van der Waals surface area contributed by atoms with Crippen LogP contribution in [-0.4, -0.2) is 57.1 Å². The normalized spacial score (nSPS) is 20.1. The molecule has 0 N–H and O–H groups in total. The third-order valence-corrected chi connectivity index (χ3v) is 6.83. The lowest BCUT2D eigenvalue weighted by Crippen LogP contribution is -2.36. The van der Waals surface area contributed by atoms with E-state index in [0.717, 1.165) is 49.1 Å². The van der Waals surface area contributed by atoms with Crippen LogP contribution in [0.1, 0.15) is 19.3 Å². The molecule has 1 aromatic heterocycles. The van der Waals surface area contributed by atoms with Gasteiger partial charge in [0.1, 0.15) is 5.82 Å². The maximum Gasteiger partial charge on any atom is 0.243 e. The molecule has 2 aliphatic rings. The number of morpholine rings is 1. The topological polar surface area (TPSA) is 62.7 Å². The van der Waals surface area contributed by atoms with Gasteiger partial charge in [-0.3, -0.25) is 0 Å². The first kappa shape index (κ1) is 16.8. The number of hydrogen-bond acceptors (Lipinski definition) is 5. The van der Waals surface area contributed by atoms with Crippen molar-refractivity contribution in [3.63, 3.8) is 0 Å². The summed E-state index contributed by atoms with van der Waals surface area (Å²) in [5.74, 6) is 0.919. The minimum atomic E-state index is -3.41. The highest BCUT2D eigenvalue weighted by Gasteiger charge is 2.26. The van der Waals surface area contributed by atoms with Crippen LogP contribution < -0.4 is 4.90 Å². The monoisotopic (exact) mass is 361 g/mol. The highest BCUT2D eigenvalue weighted by Crippen LogP contribution is 2.25. The molecule has 2 saturated heterocycles. The van der Waals surface area contributed by atoms with Gasteiger partial charge in [0.15, 0.2) is 0 Å². The maximum atomic E-state index is 12.8. The van der Waals surface area contributed by atoms with Crippen molar-refractivity contribution < 1.29 is 13.2 Å². The summed E-state index contributed by atoms with van der Waals surface area (Å²) < 4.78 is 32.6. The minimum absolute atomic E-state index is 0.364. The number of hydrogen-bond donors (Lipinski definition) is 0. The largest absolute Gasteiger partial charge is 0.378 e. The fraction of sp³-hybridized carbons (Fsp3) is 0.500. The number of fused-ring (bicyclic) bond motifs is 1. The number of ether oxygens (including phenoxy) is 1. The summed E-state index contributed by atoms with van der Waals surface area (Å²) in [5.41, 5.74) is 0.821. The van der Waals surface area contributed by atoms with E-state index < -0.39 is 10.0 Å². The van der Waals surface area contributed by atoms with Gasteiger partial charge in [0.25, 0.3) is 0 Å². The van der Waals surface area contributed by atoms with Gasteiger partial charge >= 0.3 is 0 Å². The van der Waals surface area contributed by atoms with Gasteiger partial charge in [-0.1, -0.05) is 6.42 Å². The zero-order chi connectivity index (χ0) is 17.3. The molecule has 6 nitrogen and oxygen atoms in total. The van der Waals surface area contributed by atoms with Crippen LogP contribution in [-0.2, 0) is 14.8 Å². The molecule has 25 heavy (non-hydrogen) atoms. The van der Waals surface area contributed by atoms with E-state index in [1.54, 1.807) is 16.4 Å². The van der Waals surface area contributed by atoms with Gasteiger partial charge < -0.3 is 9.64 Å². The Hall–Kier alpha value is -1.70. The van der Waals surface area contributed by atoms with Crippen molar-refractivity contribution in [3.8, 4) is 0 Å². The summed E-state index contributed by atoms with van der Waals surface area (Å²) in [6, 6.07) is 9.17. The van der Waals surface area contributed by atoms with Gasteiger partial charge in [-0.25, -0.2) is 13.4 Å². The number of aromatic nitrogens is 1. The minimum Gasteiger partial charge on any atom is -0.378 e. The quantitative estimate of drug-likeness (QED) is 0.839. The zero-order valence-corrected chi connectivity index (χ0v) is 15.0. The molecule has 0 spiro atoms. The van der Waals surface area contributed by atoms with Crippen molar-refractivity contribution >= 4 is 26.7 Å². The summed E-state index contributed by atoms with van der Waals surface area (Å²) in [6.07, 6.45) is 2.99. The number of nitrogens with zero attached hydrogens (tertiary/aromatic N) is 3. The molecule has 0 radical (unpaired) electrons. The highest BCUT2D eigenvalue weighted by molar-refractivity contribution is 7.89. The molecule has 2 fully saturated rings. The molecule has 0 amide bonds. The molecule has 2 aromatic rings. The van der Waals surface area contributed by atoms with E-state index >= 15 is 0 Å². The van der Waals surface area contributed by atoms with E-state index in [-0.39, 0.29) is 0 Å². The molecule has 134 valence electrons. The number of piperidine rings is 1. The van der Waals surface area contributed by atoms with E-state index in [9.17, 15) is 8.42 Å². The number of anilines is 1. The van der Waals surface area contributed by atoms with Crippen LogP contribution in [0.4, 0.5) is 5.82 Å². The Labute approximate surface area is 148 Å². The maximum absolute atomic E-state index is 12.8. The third kappa shape index (κ3) is 3.36. The average Bonchev–Trinajstić information content (AvgIpc) is 2.68. The Morgan fingerprint density at radius 1 is 0.920 bits per heavy atom. The summed E-state index contributed by atoms with van der Waals surface area (Å²) in [6.45, 7) is 4.34. The lowest BCUT2D eigenvalue weighted by atomic mass is 10.2. The fourth-order valence-electron chi connectivity index (χ4n) is 3.48. The van der Waals surface area contributed by atoms with Gasteiger partial charge in [-0.15, -0.1) is 0 Å². The van der Waals surface area contributed by atoms with Gasteiger partial charge in [-0.2, -0.15) is 4.31 Å². The molecule has 0 aliphatic carbocycles. The molecule has 0 unspecified atom stereocenters. The van der Waals surface area contributed by atoms with E-state index in [2.05, 4.69) is 4.90 Å². The van der Waals surface area contributed by atoms with Crippen LogP contribution in [0, 0.1) is 0 Å². The number of sulfonamides is 1. The Kier molecular flexibility index (Phi) is 4.62. The molecule has 0 saturated carbocycles. The lowest BCUT2D eigenvalue weighted by Gasteiger charge is -2.28. The van der Waals surface area contributed by atoms with Crippen LogP contribution >= 0.6 is 0 Å². The second-order valence-electron chi connectivity index (χ2n) is 6.59. The molecule has 0 atom stereocenters. The molecule has 1 aromatic carbocycles.